The lowest BCUT2D eigenvalue weighted by Gasteiger charge is -2.14. The molecule has 0 atom stereocenters. The van der Waals surface area contributed by atoms with Crippen LogP contribution in [-0.2, 0) is 14.3 Å². The molecule has 0 bridgehead atoms. The zero-order valence-electron chi connectivity index (χ0n) is 10.7. The summed E-state index contributed by atoms with van der Waals surface area (Å²) in [6.07, 6.45) is 1.24. The molecule has 1 aromatic rings. The van der Waals surface area contributed by atoms with Gasteiger partial charge in [0.15, 0.2) is 0 Å². The van der Waals surface area contributed by atoms with E-state index in [0.29, 0.717) is 30.5 Å². The highest BCUT2D eigenvalue weighted by Crippen LogP contribution is 2.28. The number of methoxy groups -OCH3 is 2. The van der Waals surface area contributed by atoms with E-state index in [4.69, 9.17) is 23.7 Å². The van der Waals surface area contributed by atoms with Gasteiger partial charge in [0, 0.05) is 18.2 Å². The van der Waals surface area contributed by atoms with Gasteiger partial charge in [0.25, 0.3) is 0 Å². The molecule has 0 aromatic heterocycles. The molecule has 0 saturated heterocycles. The lowest BCUT2D eigenvalue weighted by molar-refractivity contribution is -0.135. The number of hydrogen-bond donors (Lipinski definition) is 0. The molecular formula is C13H14O6. The molecule has 1 aliphatic rings. The minimum Gasteiger partial charge on any atom is -0.496 e. The molecular weight excluding hydrogens is 252 g/mol. The number of carbonyl (C=O) groups excluding carboxylic acids is 1. The molecule has 102 valence electrons. The van der Waals surface area contributed by atoms with E-state index in [9.17, 15) is 4.79 Å². The molecule has 0 unspecified atom stereocenters. The normalized spacial score (nSPS) is 13.7. The predicted octanol–water partition coefficient (Wildman–Crippen LogP) is 1.50. The Bertz CT molecular complexity index is 472. The summed E-state index contributed by atoms with van der Waals surface area (Å²) in [5.41, 5.74) is 0. The Morgan fingerprint density at radius 2 is 1.68 bits per heavy atom. The third kappa shape index (κ3) is 3.31. The Kier molecular flexibility index (Phi) is 4.12. The largest absolute Gasteiger partial charge is 0.496 e. The molecule has 0 spiro atoms. The lowest BCUT2D eigenvalue weighted by atomic mass is 10.3. The van der Waals surface area contributed by atoms with Gasteiger partial charge >= 0.3 is 5.97 Å². The maximum Gasteiger partial charge on any atom is 0.382 e. The second kappa shape index (κ2) is 5.99. The monoisotopic (exact) mass is 266 g/mol. The van der Waals surface area contributed by atoms with Crippen LogP contribution >= 0.6 is 0 Å². The van der Waals surface area contributed by atoms with Crippen LogP contribution in [0.25, 0.3) is 0 Å². The fraction of sp³-hybridized carbons (Fsp3) is 0.308. The maximum absolute atomic E-state index is 11.8. The van der Waals surface area contributed by atoms with Crippen molar-refractivity contribution in [2.45, 2.75) is 0 Å². The van der Waals surface area contributed by atoms with E-state index in [-0.39, 0.29) is 5.76 Å². The zero-order valence-corrected chi connectivity index (χ0v) is 10.7. The minimum absolute atomic E-state index is 0.0352. The highest BCUT2D eigenvalue weighted by Gasteiger charge is 2.18. The van der Waals surface area contributed by atoms with Crippen molar-refractivity contribution in [3.63, 3.8) is 0 Å². The number of benzene rings is 1. The molecule has 6 nitrogen and oxygen atoms in total. The summed E-state index contributed by atoms with van der Waals surface area (Å²) < 4.78 is 25.4. The Labute approximate surface area is 110 Å². The standard InChI is InChI=1S/C13H14O6/c1-15-9-5-10(16-2)7-11(6-9)19-13(14)12-8-17-3-4-18-12/h5-8H,3-4H2,1-2H3. The van der Waals surface area contributed by atoms with Crippen LogP contribution in [-0.4, -0.2) is 33.4 Å². The van der Waals surface area contributed by atoms with E-state index >= 15 is 0 Å². The van der Waals surface area contributed by atoms with Crippen molar-refractivity contribution in [3.05, 3.63) is 30.2 Å². The summed E-state index contributed by atoms with van der Waals surface area (Å²) in [6, 6.07) is 4.83. The number of ether oxygens (including phenoxy) is 5. The smallest absolute Gasteiger partial charge is 0.382 e. The van der Waals surface area contributed by atoms with Gasteiger partial charge in [-0.2, -0.15) is 0 Å². The van der Waals surface area contributed by atoms with E-state index in [1.165, 1.54) is 20.5 Å². The number of carbonyl (C=O) groups is 1. The predicted molar refractivity (Wildman–Crippen MR) is 65.2 cm³/mol. The van der Waals surface area contributed by atoms with Gasteiger partial charge in [-0.3, -0.25) is 0 Å². The van der Waals surface area contributed by atoms with Crippen LogP contribution in [0.5, 0.6) is 17.2 Å². The van der Waals surface area contributed by atoms with Gasteiger partial charge in [0.2, 0.25) is 5.76 Å². The van der Waals surface area contributed by atoms with E-state index < -0.39 is 5.97 Å². The van der Waals surface area contributed by atoms with Gasteiger partial charge in [-0.15, -0.1) is 0 Å². The molecule has 1 heterocycles. The minimum atomic E-state index is -0.630. The van der Waals surface area contributed by atoms with E-state index in [1.54, 1.807) is 18.2 Å². The first-order valence-electron chi connectivity index (χ1n) is 5.63. The molecule has 0 aliphatic carbocycles. The average Bonchev–Trinajstić information content (AvgIpc) is 2.47. The first-order chi connectivity index (χ1) is 9.22. The van der Waals surface area contributed by atoms with Crippen molar-refractivity contribution in [1.82, 2.24) is 0 Å². The molecule has 0 N–H and O–H groups in total. The van der Waals surface area contributed by atoms with E-state index in [0.717, 1.165) is 0 Å². The van der Waals surface area contributed by atoms with E-state index in [2.05, 4.69) is 0 Å². The van der Waals surface area contributed by atoms with Crippen molar-refractivity contribution in [1.29, 1.82) is 0 Å². The summed E-state index contributed by atoms with van der Waals surface area (Å²) in [5.74, 6) is 0.758. The Morgan fingerprint density at radius 1 is 1.05 bits per heavy atom. The fourth-order valence-corrected chi connectivity index (χ4v) is 1.47. The highest BCUT2D eigenvalue weighted by atomic mass is 16.6. The highest BCUT2D eigenvalue weighted by molar-refractivity contribution is 5.88. The molecule has 0 amide bonds. The molecule has 6 heteroatoms. The third-order valence-corrected chi connectivity index (χ3v) is 2.39. The molecule has 19 heavy (non-hydrogen) atoms. The van der Waals surface area contributed by atoms with Crippen LogP contribution in [0.2, 0.25) is 0 Å². The summed E-state index contributed by atoms with van der Waals surface area (Å²) in [4.78, 5) is 11.8. The van der Waals surface area contributed by atoms with Crippen molar-refractivity contribution in [3.8, 4) is 17.2 Å². The van der Waals surface area contributed by atoms with Crippen LogP contribution in [0.3, 0.4) is 0 Å². The number of rotatable bonds is 4. The van der Waals surface area contributed by atoms with Crippen molar-refractivity contribution in [2.24, 2.45) is 0 Å². The van der Waals surface area contributed by atoms with Gasteiger partial charge in [-0.1, -0.05) is 0 Å². The Balaban J connectivity index is 2.13. The van der Waals surface area contributed by atoms with Crippen LogP contribution in [0.15, 0.2) is 30.2 Å². The Hall–Kier alpha value is -2.37. The van der Waals surface area contributed by atoms with Crippen LogP contribution in [0.1, 0.15) is 0 Å². The zero-order chi connectivity index (χ0) is 13.7. The summed E-state index contributed by atoms with van der Waals surface area (Å²) in [6.45, 7) is 0.742. The van der Waals surface area contributed by atoms with Crippen molar-refractivity contribution in [2.75, 3.05) is 27.4 Å². The van der Waals surface area contributed by atoms with Gasteiger partial charge in [0.05, 0.1) is 14.2 Å². The molecule has 1 aromatic carbocycles. The molecule has 0 saturated carbocycles. The van der Waals surface area contributed by atoms with Gasteiger partial charge in [-0.25, -0.2) is 4.79 Å². The van der Waals surface area contributed by atoms with Crippen molar-refractivity contribution >= 4 is 5.97 Å². The van der Waals surface area contributed by atoms with Gasteiger partial charge < -0.3 is 23.7 Å². The maximum atomic E-state index is 11.8. The first kappa shape index (κ1) is 13.1. The SMILES string of the molecule is COc1cc(OC)cc(OC(=O)C2=COCCO2)c1. The third-order valence-electron chi connectivity index (χ3n) is 2.39. The van der Waals surface area contributed by atoms with E-state index in [1.807, 2.05) is 0 Å². The summed E-state index contributed by atoms with van der Waals surface area (Å²) in [5, 5.41) is 0. The molecule has 0 fully saturated rings. The molecule has 2 rings (SSSR count). The molecule has 1 aliphatic heterocycles. The van der Waals surface area contributed by atoms with Crippen molar-refractivity contribution < 1.29 is 28.5 Å². The number of hydrogen-bond acceptors (Lipinski definition) is 6. The topological polar surface area (TPSA) is 63.2 Å². The second-order valence-corrected chi connectivity index (χ2v) is 3.64. The summed E-state index contributed by atoms with van der Waals surface area (Å²) in [7, 11) is 3.03. The summed E-state index contributed by atoms with van der Waals surface area (Å²) >= 11 is 0. The van der Waals surface area contributed by atoms with Crippen LogP contribution in [0.4, 0.5) is 0 Å². The quantitative estimate of drug-likeness (QED) is 0.608. The second-order valence-electron chi connectivity index (χ2n) is 3.64. The fourth-order valence-electron chi connectivity index (χ4n) is 1.47. The molecule has 0 radical (unpaired) electrons. The van der Waals surface area contributed by atoms with Crippen LogP contribution in [0, 0.1) is 0 Å². The van der Waals surface area contributed by atoms with Gasteiger partial charge in [0.1, 0.15) is 36.7 Å². The number of esters is 1. The first-order valence-corrected chi connectivity index (χ1v) is 5.63. The van der Waals surface area contributed by atoms with Gasteiger partial charge in [-0.05, 0) is 0 Å². The lowest BCUT2D eigenvalue weighted by Crippen LogP contribution is -2.19. The van der Waals surface area contributed by atoms with Crippen LogP contribution < -0.4 is 14.2 Å². The Morgan fingerprint density at radius 3 is 2.21 bits per heavy atom. The average molecular weight is 266 g/mol.